The van der Waals surface area contributed by atoms with Gasteiger partial charge in [0, 0.05) is 6.61 Å². The molecule has 5 nitrogen and oxygen atoms in total. The molecule has 2 aliphatic heterocycles. The number of urea groups is 1. The van der Waals surface area contributed by atoms with Crippen molar-refractivity contribution in [3.8, 4) is 0 Å². The second kappa shape index (κ2) is 4.64. The average Bonchev–Trinajstić information content (AvgIpc) is 2.91. The summed E-state index contributed by atoms with van der Waals surface area (Å²) in [5.74, 6) is -0.0944. The van der Waals surface area contributed by atoms with Crippen molar-refractivity contribution in [2.45, 2.75) is 51.2 Å². The van der Waals surface area contributed by atoms with Crippen molar-refractivity contribution in [1.82, 2.24) is 10.2 Å². The molecule has 2 heterocycles. The molecule has 17 heavy (non-hydrogen) atoms. The van der Waals surface area contributed by atoms with E-state index in [4.69, 9.17) is 4.74 Å². The van der Waals surface area contributed by atoms with E-state index in [0.717, 1.165) is 19.4 Å². The molecular weight excluding hydrogens is 220 g/mol. The summed E-state index contributed by atoms with van der Waals surface area (Å²) >= 11 is 0. The molecule has 0 aliphatic carbocycles. The summed E-state index contributed by atoms with van der Waals surface area (Å²) < 4.78 is 5.47. The summed E-state index contributed by atoms with van der Waals surface area (Å²) in [6.07, 6.45) is 3.24. The van der Waals surface area contributed by atoms with Crippen molar-refractivity contribution in [3.63, 3.8) is 0 Å². The van der Waals surface area contributed by atoms with Gasteiger partial charge in [-0.2, -0.15) is 0 Å². The Labute approximate surface area is 101 Å². The summed E-state index contributed by atoms with van der Waals surface area (Å²) in [5, 5.41) is 2.82. The van der Waals surface area contributed by atoms with Crippen molar-refractivity contribution in [2.24, 2.45) is 0 Å². The Morgan fingerprint density at radius 3 is 2.59 bits per heavy atom. The van der Waals surface area contributed by atoms with Crippen LogP contribution in [0.2, 0.25) is 0 Å². The number of carbonyl (C=O) groups excluding carboxylic acids is 2. The first-order valence-electron chi connectivity index (χ1n) is 6.38. The van der Waals surface area contributed by atoms with E-state index in [1.165, 1.54) is 4.90 Å². The van der Waals surface area contributed by atoms with Crippen LogP contribution in [0, 0.1) is 0 Å². The predicted octanol–water partition coefficient (Wildman–Crippen LogP) is 1.28. The molecule has 0 spiro atoms. The first-order chi connectivity index (χ1) is 8.13. The van der Waals surface area contributed by atoms with Crippen LogP contribution in [0.25, 0.3) is 0 Å². The van der Waals surface area contributed by atoms with Gasteiger partial charge in [0.05, 0.1) is 12.6 Å². The Morgan fingerprint density at radius 2 is 2.12 bits per heavy atom. The smallest absolute Gasteiger partial charge is 0.325 e. The highest BCUT2D eigenvalue weighted by atomic mass is 16.5. The van der Waals surface area contributed by atoms with Crippen LogP contribution >= 0.6 is 0 Å². The lowest BCUT2D eigenvalue weighted by Crippen LogP contribution is -2.46. The van der Waals surface area contributed by atoms with Gasteiger partial charge in [0.25, 0.3) is 5.91 Å². The largest absolute Gasteiger partial charge is 0.376 e. The van der Waals surface area contributed by atoms with Crippen molar-refractivity contribution < 1.29 is 14.3 Å². The molecule has 0 aromatic rings. The van der Waals surface area contributed by atoms with Gasteiger partial charge in [-0.1, -0.05) is 13.8 Å². The molecule has 2 rings (SSSR count). The van der Waals surface area contributed by atoms with E-state index in [9.17, 15) is 9.59 Å². The third-order valence-electron chi connectivity index (χ3n) is 3.86. The van der Waals surface area contributed by atoms with E-state index in [1.54, 1.807) is 0 Å². The number of ether oxygens (including phenoxy) is 1. The number of hydrogen-bond acceptors (Lipinski definition) is 3. The summed E-state index contributed by atoms with van der Waals surface area (Å²) in [6.45, 7) is 4.99. The van der Waals surface area contributed by atoms with Crippen molar-refractivity contribution in [2.75, 3.05) is 13.2 Å². The van der Waals surface area contributed by atoms with Gasteiger partial charge in [-0.3, -0.25) is 9.69 Å². The number of carbonyl (C=O) groups is 2. The van der Waals surface area contributed by atoms with Gasteiger partial charge >= 0.3 is 6.03 Å². The average molecular weight is 240 g/mol. The normalized spacial score (nSPS) is 27.6. The number of imide groups is 1. The summed E-state index contributed by atoms with van der Waals surface area (Å²) in [6, 6.07) is -0.269. The maximum absolute atomic E-state index is 12.3. The molecule has 1 N–H and O–H groups in total. The molecule has 96 valence electrons. The fourth-order valence-electron chi connectivity index (χ4n) is 2.56. The fraction of sp³-hybridized carbons (Fsp3) is 0.833. The molecule has 2 fully saturated rings. The molecular formula is C12H20N2O3. The van der Waals surface area contributed by atoms with Crippen LogP contribution in [0.15, 0.2) is 0 Å². The summed E-state index contributed by atoms with van der Waals surface area (Å²) in [7, 11) is 0. The van der Waals surface area contributed by atoms with Gasteiger partial charge in [0.1, 0.15) is 5.54 Å². The first-order valence-corrected chi connectivity index (χ1v) is 6.38. The van der Waals surface area contributed by atoms with Gasteiger partial charge in [0.2, 0.25) is 0 Å². The van der Waals surface area contributed by atoms with E-state index in [2.05, 4.69) is 5.32 Å². The van der Waals surface area contributed by atoms with Crippen LogP contribution in [0.4, 0.5) is 4.79 Å². The topological polar surface area (TPSA) is 58.6 Å². The highest BCUT2D eigenvalue weighted by Gasteiger charge is 2.49. The maximum atomic E-state index is 12.3. The quantitative estimate of drug-likeness (QED) is 0.753. The van der Waals surface area contributed by atoms with Crippen molar-refractivity contribution in [1.29, 1.82) is 0 Å². The molecule has 0 aromatic heterocycles. The maximum Gasteiger partial charge on any atom is 0.325 e. The lowest BCUT2D eigenvalue weighted by Gasteiger charge is -2.23. The zero-order chi connectivity index (χ0) is 12.5. The predicted molar refractivity (Wildman–Crippen MR) is 62.5 cm³/mol. The molecule has 2 aliphatic rings. The third kappa shape index (κ3) is 2.04. The minimum absolute atomic E-state index is 0.0224. The van der Waals surface area contributed by atoms with Gasteiger partial charge in [-0.25, -0.2) is 4.79 Å². The Kier molecular flexibility index (Phi) is 3.38. The van der Waals surface area contributed by atoms with E-state index in [-0.39, 0.29) is 18.0 Å². The number of nitrogens with zero attached hydrogens (tertiary/aromatic N) is 1. The zero-order valence-corrected chi connectivity index (χ0v) is 10.5. The lowest BCUT2D eigenvalue weighted by molar-refractivity contribution is -0.132. The Hall–Kier alpha value is -1.10. The van der Waals surface area contributed by atoms with Crippen LogP contribution in [0.3, 0.4) is 0 Å². The fourth-order valence-corrected chi connectivity index (χ4v) is 2.56. The first kappa shape index (κ1) is 12.4. The monoisotopic (exact) mass is 240 g/mol. The molecule has 0 bridgehead atoms. The Balaban J connectivity index is 2.07. The van der Waals surface area contributed by atoms with E-state index >= 15 is 0 Å². The van der Waals surface area contributed by atoms with Crippen LogP contribution in [0.1, 0.15) is 39.5 Å². The van der Waals surface area contributed by atoms with Crippen LogP contribution in [-0.4, -0.2) is 41.6 Å². The van der Waals surface area contributed by atoms with Crippen LogP contribution in [-0.2, 0) is 9.53 Å². The van der Waals surface area contributed by atoms with Gasteiger partial charge in [-0.05, 0) is 25.7 Å². The highest BCUT2D eigenvalue weighted by Crippen LogP contribution is 2.26. The van der Waals surface area contributed by atoms with E-state index in [1.807, 2.05) is 13.8 Å². The van der Waals surface area contributed by atoms with Gasteiger partial charge in [0.15, 0.2) is 0 Å². The number of nitrogens with one attached hydrogen (secondary N) is 1. The minimum Gasteiger partial charge on any atom is -0.376 e. The zero-order valence-electron chi connectivity index (χ0n) is 10.5. The van der Waals surface area contributed by atoms with Crippen LogP contribution < -0.4 is 5.32 Å². The minimum atomic E-state index is -0.685. The molecule has 3 amide bonds. The third-order valence-corrected chi connectivity index (χ3v) is 3.86. The van der Waals surface area contributed by atoms with E-state index < -0.39 is 5.54 Å². The number of hydrogen-bond donors (Lipinski definition) is 1. The van der Waals surface area contributed by atoms with Gasteiger partial charge < -0.3 is 10.1 Å². The molecule has 0 saturated carbocycles. The summed E-state index contributed by atoms with van der Waals surface area (Å²) in [4.78, 5) is 25.4. The molecule has 0 unspecified atom stereocenters. The Bertz CT molecular complexity index is 320. The standard InChI is InChI=1S/C12H20N2O3/c1-3-12(4-2)10(15)14(11(16)13-12)8-9-6-5-7-17-9/h9H,3-8H2,1-2H3,(H,13,16)/t9-/m0/s1. The molecule has 1 atom stereocenters. The molecule has 2 saturated heterocycles. The van der Waals surface area contributed by atoms with Gasteiger partial charge in [-0.15, -0.1) is 0 Å². The van der Waals surface area contributed by atoms with Crippen LogP contribution in [0.5, 0.6) is 0 Å². The Morgan fingerprint density at radius 1 is 1.41 bits per heavy atom. The van der Waals surface area contributed by atoms with Crippen molar-refractivity contribution >= 4 is 11.9 Å². The highest BCUT2D eigenvalue weighted by molar-refractivity contribution is 6.07. The van der Waals surface area contributed by atoms with Crippen molar-refractivity contribution in [3.05, 3.63) is 0 Å². The molecule has 5 heteroatoms. The second-order valence-corrected chi connectivity index (χ2v) is 4.77. The lowest BCUT2D eigenvalue weighted by atomic mass is 9.93. The molecule has 0 radical (unpaired) electrons. The number of rotatable bonds is 4. The summed E-state index contributed by atoms with van der Waals surface area (Å²) in [5.41, 5.74) is -0.685. The second-order valence-electron chi connectivity index (χ2n) is 4.77. The van der Waals surface area contributed by atoms with E-state index in [0.29, 0.717) is 19.4 Å². The molecule has 0 aromatic carbocycles. The SMILES string of the molecule is CCC1(CC)NC(=O)N(C[C@@H]2CCCO2)C1=O. The number of amides is 3.